The largest absolute Gasteiger partial charge is 0.431 e. The van der Waals surface area contributed by atoms with Crippen LogP contribution in [0.2, 0.25) is 0 Å². The Labute approximate surface area is 114 Å². The van der Waals surface area contributed by atoms with Crippen LogP contribution >= 0.6 is 0 Å². The first kappa shape index (κ1) is 13.6. The molecule has 0 aliphatic heterocycles. The Bertz CT molecular complexity index is 504. The van der Waals surface area contributed by atoms with Gasteiger partial charge in [-0.15, -0.1) is 0 Å². The summed E-state index contributed by atoms with van der Waals surface area (Å²) in [5, 5.41) is 3.23. The van der Waals surface area contributed by atoms with Crippen molar-refractivity contribution in [1.82, 2.24) is 10.3 Å². The van der Waals surface area contributed by atoms with Crippen LogP contribution in [0.4, 0.5) is 11.7 Å². The van der Waals surface area contributed by atoms with E-state index >= 15 is 0 Å². The summed E-state index contributed by atoms with van der Waals surface area (Å²) in [6, 6.07) is 9.07. The molecule has 1 aromatic heterocycles. The van der Waals surface area contributed by atoms with E-state index in [1.54, 1.807) is 6.26 Å². The van der Waals surface area contributed by atoms with Crippen molar-refractivity contribution in [3.63, 3.8) is 0 Å². The Morgan fingerprint density at radius 3 is 2.58 bits per heavy atom. The van der Waals surface area contributed by atoms with E-state index in [1.165, 1.54) is 5.56 Å². The lowest BCUT2D eigenvalue weighted by molar-refractivity contribution is 0.558. The Hall–Kier alpha value is -1.81. The third-order valence-electron chi connectivity index (χ3n) is 3.11. The van der Waals surface area contributed by atoms with Crippen molar-refractivity contribution in [2.45, 2.75) is 26.8 Å². The predicted molar refractivity (Wildman–Crippen MR) is 77.8 cm³/mol. The summed E-state index contributed by atoms with van der Waals surface area (Å²) in [5.74, 6) is 0. The third-order valence-corrected chi connectivity index (χ3v) is 3.11. The minimum Gasteiger partial charge on any atom is -0.431 e. The molecule has 102 valence electrons. The van der Waals surface area contributed by atoms with Crippen LogP contribution in [0.25, 0.3) is 0 Å². The minimum atomic E-state index is 0.622. The number of hydrogen-bond donors (Lipinski definition) is 1. The molecule has 2 rings (SSSR count). The number of aryl methyl sites for hydroxylation is 1. The number of rotatable bonds is 6. The average molecular weight is 259 g/mol. The molecule has 0 bridgehead atoms. The highest BCUT2D eigenvalue weighted by atomic mass is 16.4. The second-order valence-electron chi connectivity index (χ2n) is 4.48. The van der Waals surface area contributed by atoms with Crippen molar-refractivity contribution in [2.24, 2.45) is 0 Å². The topological polar surface area (TPSA) is 41.3 Å². The fraction of sp³-hybridized carbons (Fsp3) is 0.400. The summed E-state index contributed by atoms with van der Waals surface area (Å²) in [4.78, 5) is 6.42. The second kappa shape index (κ2) is 6.38. The van der Waals surface area contributed by atoms with Crippen molar-refractivity contribution in [1.29, 1.82) is 0 Å². The molecule has 0 amide bonds. The molecule has 0 aliphatic rings. The van der Waals surface area contributed by atoms with E-state index in [2.05, 4.69) is 48.4 Å². The minimum absolute atomic E-state index is 0.622. The zero-order valence-electron chi connectivity index (χ0n) is 11.8. The van der Waals surface area contributed by atoms with E-state index in [0.29, 0.717) is 6.01 Å². The van der Waals surface area contributed by atoms with Gasteiger partial charge in [0.1, 0.15) is 6.26 Å². The maximum Gasteiger partial charge on any atom is 0.301 e. The molecular weight excluding hydrogens is 238 g/mol. The van der Waals surface area contributed by atoms with E-state index in [0.717, 1.165) is 30.9 Å². The standard InChI is InChI=1S/C15H21N3O/c1-4-12-6-8-14(9-7-12)18(3)15-17-13(11-19-15)10-16-5-2/h6-9,11,16H,4-5,10H2,1-3H3. The lowest BCUT2D eigenvalue weighted by Gasteiger charge is -2.14. The molecule has 1 N–H and O–H groups in total. The number of nitrogens with one attached hydrogen (secondary N) is 1. The van der Waals surface area contributed by atoms with Gasteiger partial charge < -0.3 is 9.73 Å². The summed E-state index contributed by atoms with van der Waals surface area (Å²) >= 11 is 0. The zero-order chi connectivity index (χ0) is 13.7. The molecule has 4 heteroatoms. The van der Waals surface area contributed by atoms with Crippen LogP contribution in [0.3, 0.4) is 0 Å². The van der Waals surface area contributed by atoms with Gasteiger partial charge in [0.15, 0.2) is 0 Å². The summed E-state index contributed by atoms with van der Waals surface area (Å²) in [5.41, 5.74) is 3.33. The number of anilines is 2. The van der Waals surface area contributed by atoms with E-state index in [9.17, 15) is 0 Å². The molecule has 4 nitrogen and oxygen atoms in total. The Morgan fingerprint density at radius 1 is 1.21 bits per heavy atom. The molecule has 0 radical (unpaired) electrons. The normalized spacial score (nSPS) is 10.7. The second-order valence-corrected chi connectivity index (χ2v) is 4.48. The zero-order valence-corrected chi connectivity index (χ0v) is 11.8. The molecule has 19 heavy (non-hydrogen) atoms. The van der Waals surface area contributed by atoms with Crippen molar-refractivity contribution in [3.8, 4) is 0 Å². The Morgan fingerprint density at radius 2 is 1.95 bits per heavy atom. The Balaban J connectivity index is 2.09. The van der Waals surface area contributed by atoms with Crippen molar-refractivity contribution in [3.05, 3.63) is 41.8 Å². The van der Waals surface area contributed by atoms with Gasteiger partial charge >= 0.3 is 6.01 Å². The van der Waals surface area contributed by atoms with Gasteiger partial charge in [0, 0.05) is 19.3 Å². The van der Waals surface area contributed by atoms with E-state index in [-0.39, 0.29) is 0 Å². The molecule has 1 heterocycles. The van der Waals surface area contributed by atoms with Crippen LogP contribution in [0.15, 0.2) is 34.9 Å². The Kier molecular flexibility index (Phi) is 4.58. The van der Waals surface area contributed by atoms with Gasteiger partial charge in [0.05, 0.1) is 5.69 Å². The first-order valence-electron chi connectivity index (χ1n) is 6.72. The highest BCUT2D eigenvalue weighted by Gasteiger charge is 2.10. The highest BCUT2D eigenvalue weighted by Crippen LogP contribution is 2.23. The van der Waals surface area contributed by atoms with Gasteiger partial charge in [-0.2, -0.15) is 4.98 Å². The lowest BCUT2D eigenvalue weighted by Crippen LogP contribution is -2.13. The van der Waals surface area contributed by atoms with Crippen LogP contribution in [0.5, 0.6) is 0 Å². The molecular formula is C15H21N3O. The number of benzene rings is 1. The van der Waals surface area contributed by atoms with Crippen LogP contribution in [-0.2, 0) is 13.0 Å². The van der Waals surface area contributed by atoms with Crippen molar-refractivity contribution in [2.75, 3.05) is 18.5 Å². The molecule has 0 spiro atoms. The quantitative estimate of drug-likeness (QED) is 0.865. The van der Waals surface area contributed by atoms with Gasteiger partial charge in [0.25, 0.3) is 0 Å². The van der Waals surface area contributed by atoms with Crippen LogP contribution in [0, 0.1) is 0 Å². The molecule has 0 aliphatic carbocycles. The first-order valence-corrected chi connectivity index (χ1v) is 6.72. The molecule has 1 aromatic carbocycles. The van der Waals surface area contributed by atoms with Gasteiger partial charge in [-0.25, -0.2) is 0 Å². The first-order chi connectivity index (χ1) is 9.24. The summed E-state index contributed by atoms with van der Waals surface area (Å²) in [6.45, 7) is 5.89. The molecule has 0 unspecified atom stereocenters. The van der Waals surface area contributed by atoms with Gasteiger partial charge in [-0.05, 0) is 30.7 Å². The SMILES string of the molecule is CCNCc1coc(N(C)c2ccc(CC)cc2)n1. The molecule has 0 saturated carbocycles. The van der Waals surface area contributed by atoms with Crippen molar-refractivity contribution >= 4 is 11.7 Å². The van der Waals surface area contributed by atoms with Crippen LogP contribution in [0.1, 0.15) is 25.1 Å². The molecule has 0 saturated heterocycles. The monoisotopic (exact) mass is 259 g/mol. The van der Waals surface area contributed by atoms with Crippen LogP contribution < -0.4 is 10.2 Å². The summed E-state index contributed by atoms with van der Waals surface area (Å²) in [7, 11) is 1.96. The number of nitrogens with zero attached hydrogens (tertiary/aromatic N) is 2. The molecule has 0 fully saturated rings. The predicted octanol–water partition coefficient (Wildman–Crippen LogP) is 3.11. The fourth-order valence-corrected chi connectivity index (χ4v) is 1.85. The number of hydrogen-bond acceptors (Lipinski definition) is 4. The van der Waals surface area contributed by atoms with Gasteiger partial charge in [0.2, 0.25) is 0 Å². The smallest absolute Gasteiger partial charge is 0.301 e. The van der Waals surface area contributed by atoms with E-state index in [1.807, 2.05) is 11.9 Å². The fourth-order valence-electron chi connectivity index (χ4n) is 1.85. The maximum atomic E-state index is 5.51. The van der Waals surface area contributed by atoms with Crippen LogP contribution in [-0.4, -0.2) is 18.6 Å². The summed E-state index contributed by atoms with van der Waals surface area (Å²) in [6.07, 6.45) is 2.75. The summed E-state index contributed by atoms with van der Waals surface area (Å²) < 4.78 is 5.51. The number of oxazole rings is 1. The van der Waals surface area contributed by atoms with Crippen molar-refractivity contribution < 1.29 is 4.42 Å². The molecule has 2 aromatic rings. The van der Waals surface area contributed by atoms with E-state index in [4.69, 9.17) is 4.42 Å². The number of aromatic nitrogens is 1. The van der Waals surface area contributed by atoms with E-state index < -0.39 is 0 Å². The highest BCUT2D eigenvalue weighted by molar-refractivity contribution is 5.55. The lowest BCUT2D eigenvalue weighted by atomic mass is 10.1. The maximum absolute atomic E-state index is 5.51. The van der Waals surface area contributed by atoms with Gasteiger partial charge in [-0.1, -0.05) is 26.0 Å². The van der Waals surface area contributed by atoms with Gasteiger partial charge in [-0.3, -0.25) is 4.90 Å². The average Bonchev–Trinajstić information content (AvgIpc) is 2.93. The third kappa shape index (κ3) is 3.35. The molecule has 0 atom stereocenters.